The van der Waals surface area contributed by atoms with Crippen LogP contribution in [0.1, 0.15) is 123 Å². The van der Waals surface area contributed by atoms with Gasteiger partial charge in [-0.2, -0.15) is 0 Å². The lowest BCUT2D eigenvalue weighted by atomic mass is 10.1. The average Bonchev–Trinajstić information content (AvgIpc) is 3.07. The van der Waals surface area contributed by atoms with Crippen LogP contribution in [0.25, 0.3) is 0 Å². The summed E-state index contributed by atoms with van der Waals surface area (Å²) in [6.45, 7) is 2.53. The highest BCUT2D eigenvalue weighted by atomic mass is 31.2. The predicted molar refractivity (Wildman–Crippen MR) is 194 cm³/mol. The molecule has 11 nitrogen and oxygen atoms in total. The van der Waals surface area contributed by atoms with Gasteiger partial charge in [-0.05, 0) is 57.8 Å². The molecular formula is C37H62NO10P. The van der Waals surface area contributed by atoms with Crippen LogP contribution in [0.5, 0.6) is 0 Å². The average molecular weight is 712 g/mol. The Morgan fingerprint density at radius 1 is 0.653 bits per heavy atom. The molecule has 0 saturated heterocycles. The topological polar surface area (TPSA) is 172 Å². The standard InChI is InChI=1S/C37H62NO10P/c1-3-5-7-9-11-12-13-14-15-16-17-18-19-20-21-22-23-25-27-29-36(40)48-33(30-45-35(39)28-26-24-10-8-6-4-2)31-46-49(43,44)47-32-34(38)37(41)42/h5,7,11-12,14-15,17-18,20-21,33-34H,3-4,6,8-10,13,16,19,22-32,38H2,1-2H3,(H,41,42)(H,43,44)/b7-5-,12-11-,15-14-,18-17-,21-20-. The molecule has 3 atom stereocenters. The van der Waals surface area contributed by atoms with Gasteiger partial charge in [0.15, 0.2) is 6.10 Å². The number of aliphatic carboxylic acids is 1. The number of hydrogen-bond acceptors (Lipinski definition) is 9. The van der Waals surface area contributed by atoms with Crippen molar-refractivity contribution in [3.63, 3.8) is 0 Å². The second-order valence-electron chi connectivity index (χ2n) is 11.6. The molecule has 0 radical (unpaired) electrons. The molecule has 3 unspecified atom stereocenters. The minimum absolute atomic E-state index is 0.120. The van der Waals surface area contributed by atoms with Gasteiger partial charge in [-0.25, -0.2) is 4.57 Å². The second-order valence-corrected chi connectivity index (χ2v) is 13.1. The molecule has 0 bridgehead atoms. The smallest absolute Gasteiger partial charge is 0.472 e. The summed E-state index contributed by atoms with van der Waals surface area (Å²) in [7, 11) is -4.71. The maximum absolute atomic E-state index is 12.5. The van der Waals surface area contributed by atoms with Gasteiger partial charge in [-0.3, -0.25) is 23.4 Å². The molecule has 12 heteroatoms. The van der Waals surface area contributed by atoms with Crippen molar-refractivity contribution >= 4 is 25.7 Å². The van der Waals surface area contributed by atoms with Crippen LogP contribution < -0.4 is 5.73 Å². The van der Waals surface area contributed by atoms with E-state index < -0.39 is 51.1 Å². The molecular weight excluding hydrogens is 649 g/mol. The van der Waals surface area contributed by atoms with E-state index >= 15 is 0 Å². The minimum atomic E-state index is -4.71. The van der Waals surface area contributed by atoms with Crippen LogP contribution >= 0.6 is 7.82 Å². The molecule has 0 fully saturated rings. The van der Waals surface area contributed by atoms with Gasteiger partial charge < -0.3 is 25.2 Å². The third-order valence-electron chi connectivity index (χ3n) is 7.03. The summed E-state index contributed by atoms with van der Waals surface area (Å²) >= 11 is 0. The molecule has 0 heterocycles. The van der Waals surface area contributed by atoms with Gasteiger partial charge in [0.1, 0.15) is 12.6 Å². The first-order chi connectivity index (χ1) is 23.6. The van der Waals surface area contributed by atoms with E-state index in [0.29, 0.717) is 12.8 Å². The highest BCUT2D eigenvalue weighted by molar-refractivity contribution is 7.47. The Labute approximate surface area is 294 Å². The van der Waals surface area contributed by atoms with Crippen molar-refractivity contribution in [3.05, 3.63) is 60.8 Å². The summed E-state index contributed by atoms with van der Waals surface area (Å²) in [5, 5.41) is 8.82. The third kappa shape index (κ3) is 32.2. The molecule has 0 aliphatic rings. The molecule has 0 rings (SSSR count). The number of rotatable bonds is 32. The molecule has 0 aromatic carbocycles. The first-order valence-corrected chi connectivity index (χ1v) is 19.3. The first kappa shape index (κ1) is 46.2. The Morgan fingerprint density at radius 3 is 1.71 bits per heavy atom. The molecule has 0 spiro atoms. The van der Waals surface area contributed by atoms with Crippen LogP contribution in [-0.2, 0) is 37.5 Å². The monoisotopic (exact) mass is 711 g/mol. The molecule has 0 aliphatic carbocycles. The van der Waals surface area contributed by atoms with Crippen LogP contribution in [0.15, 0.2) is 60.8 Å². The summed E-state index contributed by atoms with van der Waals surface area (Å²) < 4.78 is 32.3. The Bertz CT molecular complexity index is 1070. The van der Waals surface area contributed by atoms with Gasteiger partial charge in [-0.15, -0.1) is 0 Å². The highest BCUT2D eigenvalue weighted by Crippen LogP contribution is 2.43. The number of allylic oxidation sites excluding steroid dienone is 10. The Balaban J connectivity index is 4.46. The van der Waals surface area contributed by atoms with Crippen LogP contribution in [0, 0.1) is 0 Å². The fourth-order valence-corrected chi connectivity index (χ4v) is 4.98. The minimum Gasteiger partial charge on any atom is -0.480 e. The van der Waals surface area contributed by atoms with Gasteiger partial charge in [-0.1, -0.05) is 113 Å². The largest absolute Gasteiger partial charge is 0.480 e. The number of carboxylic acids is 1. The van der Waals surface area contributed by atoms with Crippen molar-refractivity contribution < 1.29 is 47.5 Å². The van der Waals surface area contributed by atoms with Crippen molar-refractivity contribution in [1.82, 2.24) is 0 Å². The summed E-state index contributed by atoms with van der Waals surface area (Å²) in [5.74, 6) is -2.44. The summed E-state index contributed by atoms with van der Waals surface area (Å²) in [6.07, 6.45) is 34.8. The summed E-state index contributed by atoms with van der Waals surface area (Å²) in [5.41, 5.74) is 5.29. The maximum atomic E-state index is 12.5. The lowest BCUT2D eigenvalue weighted by Crippen LogP contribution is -2.34. The van der Waals surface area contributed by atoms with Crippen LogP contribution in [-0.4, -0.2) is 59.9 Å². The van der Waals surface area contributed by atoms with Gasteiger partial charge in [0.2, 0.25) is 0 Å². The Kier molecular flexibility index (Phi) is 30.5. The van der Waals surface area contributed by atoms with E-state index in [0.717, 1.165) is 83.5 Å². The number of carbonyl (C=O) groups excluding carboxylic acids is 2. The number of unbranched alkanes of at least 4 members (excludes halogenated alkanes) is 8. The van der Waals surface area contributed by atoms with E-state index in [2.05, 4.69) is 79.1 Å². The Hall–Kier alpha value is -2.82. The highest BCUT2D eigenvalue weighted by Gasteiger charge is 2.28. The zero-order valence-corrected chi connectivity index (χ0v) is 30.6. The van der Waals surface area contributed by atoms with Crippen LogP contribution in [0.4, 0.5) is 0 Å². The van der Waals surface area contributed by atoms with Gasteiger partial charge in [0, 0.05) is 12.8 Å². The van der Waals surface area contributed by atoms with E-state index in [1.807, 2.05) is 0 Å². The molecule has 0 aromatic heterocycles. The van der Waals surface area contributed by atoms with E-state index in [1.165, 1.54) is 0 Å². The fourth-order valence-electron chi connectivity index (χ4n) is 4.21. The molecule has 0 aliphatic heterocycles. The summed E-state index contributed by atoms with van der Waals surface area (Å²) in [4.78, 5) is 45.4. The Morgan fingerprint density at radius 2 is 1.14 bits per heavy atom. The molecule has 49 heavy (non-hydrogen) atoms. The van der Waals surface area contributed by atoms with Gasteiger partial charge in [0.25, 0.3) is 0 Å². The number of hydrogen-bond donors (Lipinski definition) is 3. The van der Waals surface area contributed by atoms with Crippen molar-refractivity contribution in [1.29, 1.82) is 0 Å². The van der Waals surface area contributed by atoms with Crippen molar-refractivity contribution in [3.8, 4) is 0 Å². The maximum Gasteiger partial charge on any atom is 0.472 e. The number of carbonyl (C=O) groups is 3. The van der Waals surface area contributed by atoms with Gasteiger partial charge in [0.05, 0.1) is 13.2 Å². The molecule has 0 amide bonds. The number of phosphoric ester groups is 1. The number of carboxylic acid groups (broad SMARTS) is 1. The van der Waals surface area contributed by atoms with Crippen molar-refractivity contribution in [2.45, 2.75) is 135 Å². The van der Waals surface area contributed by atoms with E-state index in [9.17, 15) is 23.8 Å². The SMILES string of the molecule is CC/C=C\C/C=C\C/C=C\C/C=C\C/C=C\CCCCCC(=O)OC(COC(=O)CCCCCCCC)COP(=O)(O)OCC(N)C(=O)O. The molecule has 280 valence electrons. The fraction of sp³-hybridized carbons (Fsp3) is 0.649. The zero-order valence-electron chi connectivity index (χ0n) is 29.8. The second kappa shape index (κ2) is 32.4. The number of nitrogens with two attached hydrogens (primary N) is 1. The molecule has 4 N–H and O–H groups in total. The molecule has 0 saturated carbocycles. The van der Waals surface area contributed by atoms with E-state index in [4.69, 9.17) is 24.8 Å². The van der Waals surface area contributed by atoms with Crippen molar-refractivity contribution in [2.75, 3.05) is 19.8 Å². The first-order valence-electron chi connectivity index (χ1n) is 17.8. The quantitative estimate of drug-likeness (QED) is 0.0265. The van der Waals surface area contributed by atoms with Crippen LogP contribution in [0.3, 0.4) is 0 Å². The van der Waals surface area contributed by atoms with Gasteiger partial charge >= 0.3 is 25.7 Å². The van der Waals surface area contributed by atoms with E-state index in [1.54, 1.807) is 0 Å². The lowest BCUT2D eigenvalue weighted by molar-refractivity contribution is -0.161. The molecule has 0 aromatic rings. The lowest BCUT2D eigenvalue weighted by Gasteiger charge is -2.20. The van der Waals surface area contributed by atoms with E-state index in [-0.39, 0.29) is 19.4 Å². The van der Waals surface area contributed by atoms with Crippen LogP contribution in [0.2, 0.25) is 0 Å². The van der Waals surface area contributed by atoms with Crippen molar-refractivity contribution in [2.24, 2.45) is 5.73 Å². The zero-order chi connectivity index (χ0) is 36.4. The predicted octanol–water partition coefficient (Wildman–Crippen LogP) is 8.44. The summed E-state index contributed by atoms with van der Waals surface area (Å²) in [6, 6.07) is -1.53. The number of esters is 2. The number of phosphoric acid groups is 1. The third-order valence-corrected chi connectivity index (χ3v) is 7.98. The normalized spacial score (nSPS) is 14.7. The number of ether oxygens (including phenoxy) is 2.